The quantitative estimate of drug-likeness (QED) is 0.566. The predicted molar refractivity (Wildman–Crippen MR) is 46.7 cm³/mol. The average molecular weight is 154 g/mol. The third-order valence-electron chi connectivity index (χ3n) is 3.48. The van der Waals surface area contributed by atoms with E-state index in [1.165, 1.54) is 13.1 Å². The maximum Gasteiger partial charge on any atom is 0.0479 e. The van der Waals surface area contributed by atoms with Crippen LogP contribution < -0.4 is 5.32 Å². The van der Waals surface area contributed by atoms with Crippen molar-refractivity contribution in [3.8, 4) is 0 Å². The summed E-state index contributed by atoms with van der Waals surface area (Å²) in [7, 11) is 0. The van der Waals surface area contributed by atoms with Gasteiger partial charge in [0.2, 0.25) is 0 Å². The van der Waals surface area contributed by atoms with Crippen molar-refractivity contribution in [3.63, 3.8) is 0 Å². The van der Waals surface area contributed by atoms with Crippen LogP contribution in [0.4, 0.5) is 0 Å². The molecule has 2 unspecified atom stereocenters. The van der Waals surface area contributed by atoms with E-state index >= 15 is 0 Å². The maximum absolute atomic E-state index is 3.56. The lowest BCUT2D eigenvalue weighted by atomic mass is 10.0. The third-order valence-corrected chi connectivity index (χ3v) is 3.48. The van der Waals surface area contributed by atoms with Crippen LogP contribution in [0.5, 0.6) is 0 Å². The Morgan fingerprint density at radius 2 is 1.64 bits per heavy atom. The number of likely N-dealkylation sites (tertiary alicyclic amines) is 1. The molecule has 2 heterocycles. The Balaban J connectivity index is 2.07. The van der Waals surface area contributed by atoms with Gasteiger partial charge in [0.05, 0.1) is 0 Å². The van der Waals surface area contributed by atoms with Crippen LogP contribution in [0.25, 0.3) is 0 Å². The van der Waals surface area contributed by atoms with Gasteiger partial charge in [-0.2, -0.15) is 0 Å². The van der Waals surface area contributed by atoms with Gasteiger partial charge in [-0.05, 0) is 27.7 Å². The van der Waals surface area contributed by atoms with Crippen LogP contribution in [0.1, 0.15) is 27.7 Å². The van der Waals surface area contributed by atoms with Crippen molar-refractivity contribution < 1.29 is 0 Å². The summed E-state index contributed by atoms with van der Waals surface area (Å²) in [4.78, 5) is 2.55. The number of fused-ring (bicyclic) bond motifs is 1. The number of hydrogen-bond donors (Lipinski definition) is 1. The van der Waals surface area contributed by atoms with Gasteiger partial charge in [0, 0.05) is 30.2 Å². The lowest BCUT2D eigenvalue weighted by Crippen LogP contribution is -2.37. The number of rotatable bonds is 1. The molecule has 0 aromatic rings. The molecule has 2 heteroatoms. The Bertz CT molecular complexity index is 174. The largest absolute Gasteiger partial charge is 0.300 e. The molecule has 0 radical (unpaired) electrons. The summed E-state index contributed by atoms with van der Waals surface area (Å²) in [6.45, 7) is 11.7. The molecule has 0 amide bonds. The number of piperazine rings is 1. The van der Waals surface area contributed by atoms with E-state index in [0.29, 0.717) is 17.1 Å². The molecular formula is C9H18N2. The van der Waals surface area contributed by atoms with Crippen LogP contribution >= 0.6 is 0 Å². The van der Waals surface area contributed by atoms with Crippen LogP contribution in [-0.2, 0) is 0 Å². The van der Waals surface area contributed by atoms with Gasteiger partial charge in [0.1, 0.15) is 0 Å². The fourth-order valence-electron chi connectivity index (χ4n) is 2.24. The molecule has 0 aromatic carbocycles. The van der Waals surface area contributed by atoms with E-state index in [-0.39, 0.29) is 0 Å². The van der Waals surface area contributed by atoms with Crippen molar-refractivity contribution >= 4 is 0 Å². The molecule has 2 aliphatic rings. The smallest absolute Gasteiger partial charge is 0.0479 e. The van der Waals surface area contributed by atoms with Crippen LogP contribution in [-0.4, -0.2) is 35.1 Å². The highest BCUT2D eigenvalue weighted by Gasteiger charge is 2.65. The Kier molecular flexibility index (Phi) is 1.24. The Morgan fingerprint density at radius 1 is 1.18 bits per heavy atom. The van der Waals surface area contributed by atoms with Crippen molar-refractivity contribution in [3.05, 3.63) is 0 Å². The lowest BCUT2D eigenvalue weighted by molar-refractivity contribution is 0.234. The van der Waals surface area contributed by atoms with E-state index in [0.717, 1.165) is 0 Å². The molecule has 0 saturated carbocycles. The summed E-state index contributed by atoms with van der Waals surface area (Å²) < 4.78 is 0. The second kappa shape index (κ2) is 1.80. The summed E-state index contributed by atoms with van der Waals surface area (Å²) in [5.74, 6) is 0. The lowest BCUT2D eigenvalue weighted by Gasteiger charge is -2.23. The zero-order valence-corrected chi connectivity index (χ0v) is 7.94. The van der Waals surface area contributed by atoms with E-state index in [2.05, 4.69) is 37.9 Å². The SMILES string of the molecule is CC(C)N1CC2(C)NC2(C)C1. The molecule has 2 rings (SSSR count). The molecule has 64 valence electrons. The number of hydrogen-bond acceptors (Lipinski definition) is 2. The Hall–Kier alpha value is -0.0800. The maximum atomic E-state index is 3.56. The zero-order valence-electron chi connectivity index (χ0n) is 7.94. The molecule has 2 nitrogen and oxygen atoms in total. The minimum absolute atomic E-state index is 0.428. The van der Waals surface area contributed by atoms with Gasteiger partial charge in [0.15, 0.2) is 0 Å². The molecular weight excluding hydrogens is 136 g/mol. The topological polar surface area (TPSA) is 25.2 Å². The van der Waals surface area contributed by atoms with Gasteiger partial charge >= 0.3 is 0 Å². The Morgan fingerprint density at radius 3 is 1.91 bits per heavy atom. The fourth-order valence-corrected chi connectivity index (χ4v) is 2.24. The molecule has 2 aliphatic heterocycles. The van der Waals surface area contributed by atoms with E-state index in [1.807, 2.05) is 0 Å². The normalized spacial score (nSPS) is 49.9. The first kappa shape index (κ1) is 7.56. The summed E-state index contributed by atoms with van der Waals surface area (Å²) >= 11 is 0. The van der Waals surface area contributed by atoms with Gasteiger partial charge in [-0.3, -0.25) is 4.90 Å². The molecule has 0 spiro atoms. The average Bonchev–Trinajstić information content (AvgIpc) is 2.23. The van der Waals surface area contributed by atoms with E-state index in [1.54, 1.807) is 0 Å². The zero-order chi connectivity index (χ0) is 8.28. The first-order valence-corrected chi connectivity index (χ1v) is 4.50. The number of nitrogens with zero attached hydrogens (tertiary/aromatic N) is 1. The molecule has 2 saturated heterocycles. The standard InChI is InChI=1S/C9H18N2/c1-7(2)11-5-8(3)9(4,6-11)10-8/h7,10H,5-6H2,1-4H3. The first-order chi connectivity index (χ1) is 4.97. The molecule has 0 aromatic heterocycles. The monoisotopic (exact) mass is 154 g/mol. The summed E-state index contributed by atoms with van der Waals surface area (Å²) in [5, 5.41) is 3.56. The van der Waals surface area contributed by atoms with E-state index < -0.39 is 0 Å². The van der Waals surface area contributed by atoms with Crippen molar-refractivity contribution in [1.82, 2.24) is 10.2 Å². The van der Waals surface area contributed by atoms with Crippen LogP contribution in [0, 0.1) is 0 Å². The van der Waals surface area contributed by atoms with Crippen LogP contribution in [0.15, 0.2) is 0 Å². The molecule has 2 atom stereocenters. The summed E-state index contributed by atoms with van der Waals surface area (Å²) in [6, 6.07) is 0.707. The molecule has 2 fully saturated rings. The highest BCUT2D eigenvalue weighted by molar-refractivity contribution is 5.28. The van der Waals surface area contributed by atoms with Gasteiger partial charge in [-0.15, -0.1) is 0 Å². The highest BCUT2D eigenvalue weighted by Crippen LogP contribution is 2.45. The minimum Gasteiger partial charge on any atom is -0.300 e. The van der Waals surface area contributed by atoms with Crippen molar-refractivity contribution in [1.29, 1.82) is 0 Å². The summed E-state index contributed by atoms with van der Waals surface area (Å²) in [6.07, 6.45) is 0. The summed E-state index contributed by atoms with van der Waals surface area (Å²) in [5.41, 5.74) is 0.856. The van der Waals surface area contributed by atoms with Gasteiger partial charge < -0.3 is 5.32 Å². The molecule has 0 bridgehead atoms. The minimum atomic E-state index is 0.428. The van der Waals surface area contributed by atoms with Crippen LogP contribution in [0.3, 0.4) is 0 Å². The second-order valence-corrected chi connectivity index (χ2v) is 4.79. The molecule has 11 heavy (non-hydrogen) atoms. The molecule has 0 aliphatic carbocycles. The highest BCUT2D eigenvalue weighted by atomic mass is 15.4. The molecule has 1 N–H and O–H groups in total. The van der Waals surface area contributed by atoms with E-state index in [9.17, 15) is 0 Å². The van der Waals surface area contributed by atoms with Crippen molar-refractivity contribution in [2.75, 3.05) is 13.1 Å². The second-order valence-electron chi connectivity index (χ2n) is 4.79. The fraction of sp³-hybridized carbons (Fsp3) is 1.00. The Labute approximate surface area is 69.0 Å². The third kappa shape index (κ3) is 0.859. The predicted octanol–water partition coefficient (Wildman–Crippen LogP) is 0.831. The van der Waals surface area contributed by atoms with Gasteiger partial charge in [0.25, 0.3) is 0 Å². The first-order valence-electron chi connectivity index (χ1n) is 4.50. The van der Waals surface area contributed by atoms with Gasteiger partial charge in [-0.1, -0.05) is 0 Å². The van der Waals surface area contributed by atoms with Crippen molar-refractivity contribution in [2.24, 2.45) is 0 Å². The van der Waals surface area contributed by atoms with Gasteiger partial charge in [-0.25, -0.2) is 0 Å². The van der Waals surface area contributed by atoms with Crippen molar-refractivity contribution in [2.45, 2.75) is 44.8 Å². The van der Waals surface area contributed by atoms with Crippen LogP contribution in [0.2, 0.25) is 0 Å². The number of nitrogens with one attached hydrogen (secondary N) is 1. The van der Waals surface area contributed by atoms with E-state index in [4.69, 9.17) is 0 Å².